The molecule has 4 rings (SSSR count). The SMILES string of the molecule is CC(C)(C)[Si](C)(C)O[C@@H]1[C@H](O[P+](=O)O)[C@@H](CO)O[C@H]1c1cnn2c(Nc3ccccc3)ncnc12. The smallest absolute Gasteiger partial charge is 0.408 e. The van der Waals surface area contributed by atoms with Crippen LogP contribution in [-0.2, 0) is 18.3 Å². The minimum atomic E-state index is -2.95. The Kier molecular flexibility index (Phi) is 7.35. The summed E-state index contributed by atoms with van der Waals surface area (Å²) in [7, 11) is -5.33. The topological polar surface area (TPSA) is 140 Å². The molecule has 0 spiro atoms. The molecule has 1 unspecified atom stereocenters. The molecule has 2 aromatic heterocycles. The lowest BCUT2D eigenvalue weighted by atomic mass is 10.0. The quantitative estimate of drug-likeness (QED) is 0.297. The Hall–Kier alpha value is -2.31. The number of para-hydroxylation sites is 1. The number of hydrogen-bond acceptors (Lipinski definition) is 9. The van der Waals surface area contributed by atoms with Gasteiger partial charge < -0.3 is 19.6 Å². The summed E-state index contributed by atoms with van der Waals surface area (Å²) in [5.41, 5.74) is 1.92. The lowest BCUT2D eigenvalue weighted by molar-refractivity contribution is -0.0181. The lowest BCUT2D eigenvalue weighted by Gasteiger charge is -2.39. The highest BCUT2D eigenvalue weighted by molar-refractivity contribution is 7.32. The molecule has 188 valence electrons. The highest BCUT2D eigenvalue weighted by Crippen LogP contribution is 2.46. The van der Waals surface area contributed by atoms with Gasteiger partial charge in [0.2, 0.25) is 5.95 Å². The van der Waals surface area contributed by atoms with Gasteiger partial charge in [-0.05, 0) is 30.3 Å². The molecular formula is C22H31N5O6PSi+. The fraction of sp³-hybridized carbons (Fsp3) is 0.500. The number of ether oxygens (including phenoxy) is 1. The highest BCUT2D eigenvalue weighted by atomic mass is 31.1. The molecule has 0 aliphatic carbocycles. The Morgan fingerprint density at radius 2 is 1.91 bits per heavy atom. The van der Waals surface area contributed by atoms with Gasteiger partial charge in [0.15, 0.2) is 20.1 Å². The Balaban J connectivity index is 1.75. The number of aliphatic hydroxyl groups excluding tert-OH is 1. The third kappa shape index (κ3) is 5.29. The van der Waals surface area contributed by atoms with Crippen molar-refractivity contribution >= 4 is 33.9 Å². The first-order valence-electron chi connectivity index (χ1n) is 11.3. The van der Waals surface area contributed by atoms with E-state index in [0.717, 1.165) is 5.69 Å². The zero-order valence-corrected chi connectivity index (χ0v) is 22.2. The molecule has 3 heterocycles. The molecule has 1 saturated heterocycles. The lowest BCUT2D eigenvalue weighted by Crippen LogP contribution is -2.48. The van der Waals surface area contributed by atoms with E-state index in [2.05, 4.69) is 54.2 Å². The summed E-state index contributed by atoms with van der Waals surface area (Å²) >= 11 is 0. The van der Waals surface area contributed by atoms with Crippen LogP contribution in [0.2, 0.25) is 18.1 Å². The summed E-state index contributed by atoms with van der Waals surface area (Å²) in [4.78, 5) is 18.3. The maximum absolute atomic E-state index is 11.6. The molecule has 0 saturated carbocycles. The highest BCUT2D eigenvalue weighted by Gasteiger charge is 2.54. The molecule has 1 aliphatic rings. The Morgan fingerprint density at radius 1 is 1.20 bits per heavy atom. The Morgan fingerprint density at radius 3 is 2.54 bits per heavy atom. The van der Waals surface area contributed by atoms with Gasteiger partial charge in [0.05, 0.1) is 12.8 Å². The molecule has 0 radical (unpaired) electrons. The van der Waals surface area contributed by atoms with E-state index >= 15 is 0 Å². The van der Waals surface area contributed by atoms with Gasteiger partial charge in [-0.3, -0.25) is 0 Å². The number of anilines is 2. The standard InChI is InChI=1S/C22H30N5O6PSi/c1-22(2,3)35(4,5)33-19-17(31-16(12-28)18(19)32-34(29)30)15-11-25-27-20(15)23-13-24-21(27)26-14-9-7-6-8-10-14/h6-11,13,16-19,28H,12H2,1-5H3,(H-,23,24,26,29,30)/p+1/t16-,17+,18-,19+/m1/s1. The Labute approximate surface area is 205 Å². The second kappa shape index (κ2) is 9.98. The largest absolute Gasteiger partial charge is 0.695 e. The zero-order valence-electron chi connectivity index (χ0n) is 20.3. The van der Waals surface area contributed by atoms with E-state index in [1.54, 1.807) is 10.7 Å². The third-order valence-electron chi connectivity index (χ3n) is 6.61. The van der Waals surface area contributed by atoms with Crippen LogP contribution in [0.4, 0.5) is 11.6 Å². The van der Waals surface area contributed by atoms with Crippen LogP contribution in [0.5, 0.6) is 0 Å². The first kappa shape index (κ1) is 25.8. The molecule has 13 heteroatoms. The van der Waals surface area contributed by atoms with Crippen molar-refractivity contribution < 1.29 is 28.3 Å². The molecule has 0 bridgehead atoms. The van der Waals surface area contributed by atoms with Gasteiger partial charge >= 0.3 is 8.25 Å². The summed E-state index contributed by atoms with van der Waals surface area (Å²) in [5, 5.41) is 17.5. The number of fused-ring (bicyclic) bond motifs is 1. The number of aromatic nitrogens is 4. The van der Waals surface area contributed by atoms with Gasteiger partial charge in [-0.15, -0.1) is 9.42 Å². The predicted octanol–water partition coefficient (Wildman–Crippen LogP) is 3.73. The van der Waals surface area contributed by atoms with Crippen molar-refractivity contribution in [3.05, 3.63) is 48.4 Å². The van der Waals surface area contributed by atoms with Gasteiger partial charge in [-0.1, -0.05) is 39.0 Å². The van der Waals surface area contributed by atoms with Crippen molar-refractivity contribution in [3.63, 3.8) is 0 Å². The molecule has 0 amide bonds. The average Bonchev–Trinajstić information content (AvgIpc) is 3.35. The summed E-state index contributed by atoms with van der Waals surface area (Å²) in [6, 6.07) is 9.55. The molecule has 1 fully saturated rings. The van der Waals surface area contributed by atoms with Crippen molar-refractivity contribution in [1.82, 2.24) is 19.6 Å². The number of hydrogen-bond donors (Lipinski definition) is 3. The molecular weight excluding hydrogens is 489 g/mol. The first-order valence-corrected chi connectivity index (χ1v) is 15.3. The predicted molar refractivity (Wildman–Crippen MR) is 132 cm³/mol. The first-order chi connectivity index (χ1) is 16.5. The Bertz CT molecular complexity index is 1190. The van der Waals surface area contributed by atoms with Crippen LogP contribution in [-0.4, -0.2) is 62.8 Å². The zero-order chi connectivity index (χ0) is 25.4. The van der Waals surface area contributed by atoms with Gasteiger partial charge in [-0.2, -0.15) is 9.61 Å². The van der Waals surface area contributed by atoms with Crippen molar-refractivity contribution in [2.45, 2.75) is 63.3 Å². The number of aliphatic hydroxyl groups is 1. The van der Waals surface area contributed by atoms with E-state index in [1.807, 2.05) is 30.3 Å². The van der Waals surface area contributed by atoms with E-state index in [4.69, 9.17) is 13.7 Å². The monoisotopic (exact) mass is 520 g/mol. The maximum atomic E-state index is 11.6. The van der Waals surface area contributed by atoms with Crippen LogP contribution in [0.1, 0.15) is 32.4 Å². The second-order valence-electron chi connectivity index (χ2n) is 9.95. The number of nitrogens with zero attached hydrogens (tertiary/aromatic N) is 4. The maximum Gasteiger partial charge on any atom is 0.695 e. The van der Waals surface area contributed by atoms with Gasteiger partial charge in [-0.25, -0.2) is 9.97 Å². The minimum absolute atomic E-state index is 0.142. The van der Waals surface area contributed by atoms with E-state index in [-0.39, 0.29) is 5.04 Å². The van der Waals surface area contributed by atoms with Gasteiger partial charge in [0.1, 0.15) is 24.6 Å². The summed E-state index contributed by atoms with van der Waals surface area (Å²) in [5.74, 6) is 0.456. The molecule has 5 atom stereocenters. The van der Waals surface area contributed by atoms with Crippen LogP contribution in [0.3, 0.4) is 0 Å². The van der Waals surface area contributed by atoms with Crippen LogP contribution >= 0.6 is 8.25 Å². The minimum Gasteiger partial charge on any atom is -0.408 e. The van der Waals surface area contributed by atoms with E-state index < -0.39 is 47.6 Å². The van der Waals surface area contributed by atoms with E-state index in [1.165, 1.54) is 6.33 Å². The van der Waals surface area contributed by atoms with Crippen LogP contribution in [0.25, 0.3) is 5.65 Å². The molecule has 3 aromatic rings. The fourth-order valence-electron chi connectivity index (χ4n) is 3.77. The summed E-state index contributed by atoms with van der Waals surface area (Å²) < 4.78 is 31.4. The number of benzene rings is 1. The molecule has 3 N–H and O–H groups in total. The van der Waals surface area contributed by atoms with Crippen LogP contribution in [0.15, 0.2) is 42.9 Å². The summed E-state index contributed by atoms with van der Waals surface area (Å²) in [6.07, 6.45) is -0.272. The normalized spacial score (nSPS) is 23.6. The van der Waals surface area contributed by atoms with Gasteiger partial charge in [0.25, 0.3) is 0 Å². The van der Waals surface area contributed by atoms with E-state index in [0.29, 0.717) is 17.2 Å². The van der Waals surface area contributed by atoms with E-state index in [9.17, 15) is 14.6 Å². The van der Waals surface area contributed by atoms with Crippen molar-refractivity contribution in [2.24, 2.45) is 0 Å². The molecule has 35 heavy (non-hydrogen) atoms. The van der Waals surface area contributed by atoms with Gasteiger partial charge in [0, 0.05) is 15.8 Å². The number of nitrogens with one attached hydrogen (secondary N) is 1. The summed E-state index contributed by atoms with van der Waals surface area (Å²) in [6.45, 7) is 10.0. The van der Waals surface area contributed by atoms with Crippen LogP contribution in [0, 0.1) is 0 Å². The third-order valence-corrected chi connectivity index (χ3v) is 11.5. The van der Waals surface area contributed by atoms with Crippen molar-refractivity contribution in [1.29, 1.82) is 0 Å². The average molecular weight is 521 g/mol. The van der Waals surface area contributed by atoms with Crippen molar-refractivity contribution in [3.8, 4) is 0 Å². The molecule has 1 aromatic carbocycles. The second-order valence-corrected chi connectivity index (χ2v) is 15.4. The fourth-order valence-corrected chi connectivity index (χ4v) is 5.53. The number of rotatable bonds is 8. The molecule has 11 nitrogen and oxygen atoms in total. The van der Waals surface area contributed by atoms with Crippen molar-refractivity contribution in [2.75, 3.05) is 11.9 Å². The van der Waals surface area contributed by atoms with Crippen LogP contribution < -0.4 is 5.32 Å². The molecule has 1 aliphatic heterocycles.